The van der Waals surface area contributed by atoms with Crippen molar-refractivity contribution in [2.24, 2.45) is 0 Å². The van der Waals surface area contributed by atoms with Gasteiger partial charge in [-0.3, -0.25) is 0 Å². The molecule has 0 radical (unpaired) electrons. The molecule has 110 valence electrons. The van der Waals surface area contributed by atoms with Crippen LogP contribution in [0.2, 0.25) is 0 Å². The number of rotatable bonds is 1. The number of anilines is 1. The minimum absolute atomic E-state index is 0.111. The van der Waals surface area contributed by atoms with Gasteiger partial charge in [-0.1, -0.05) is 6.42 Å². The second kappa shape index (κ2) is 5.32. The van der Waals surface area contributed by atoms with Gasteiger partial charge in [0.25, 0.3) is 0 Å². The Hall–Kier alpha value is -1.16. The molecule has 3 rings (SSSR count). The third-order valence-electron chi connectivity index (χ3n) is 4.22. The van der Waals surface area contributed by atoms with Gasteiger partial charge in [-0.2, -0.15) is 0 Å². The number of ether oxygens (including phenoxy) is 1. The van der Waals surface area contributed by atoms with E-state index >= 15 is 0 Å². The molecule has 1 aliphatic carbocycles. The molecule has 0 saturated carbocycles. The number of fused-ring (bicyclic) bond motifs is 1. The molecule has 0 aromatic carbocycles. The zero-order valence-electron chi connectivity index (χ0n) is 12.9. The summed E-state index contributed by atoms with van der Waals surface area (Å²) in [7, 11) is 0. The van der Waals surface area contributed by atoms with Gasteiger partial charge in [0.05, 0.1) is 11.7 Å². The highest BCUT2D eigenvalue weighted by Crippen LogP contribution is 2.30. The Kier molecular flexibility index (Phi) is 3.67. The van der Waals surface area contributed by atoms with E-state index in [4.69, 9.17) is 4.74 Å². The van der Waals surface area contributed by atoms with Crippen LogP contribution in [0.4, 0.5) is 5.82 Å². The van der Waals surface area contributed by atoms with Crippen LogP contribution in [0.25, 0.3) is 0 Å². The van der Waals surface area contributed by atoms with Crippen molar-refractivity contribution in [1.29, 1.82) is 0 Å². The lowest BCUT2D eigenvalue weighted by Gasteiger charge is -2.42. The monoisotopic (exact) mass is 275 g/mol. The lowest BCUT2D eigenvalue weighted by atomic mass is 10.0. The summed E-state index contributed by atoms with van der Waals surface area (Å²) in [5.41, 5.74) is 2.54. The van der Waals surface area contributed by atoms with Crippen LogP contribution in [0.5, 0.6) is 0 Å². The minimum Gasteiger partial charge on any atom is -0.369 e. The van der Waals surface area contributed by atoms with Crippen molar-refractivity contribution in [1.82, 2.24) is 9.97 Å². The zero-order chi connectivity index (χ0) is 14.2. The van der Waals surface area contributed by atoms with Crippen molar-refractivity contribution in [3.05, 3.63) is 17.6 Å². The van der Waals surface area contributed by atoms with Crippen LogP contribution in [-0.2, 0) is 17.6 Å². The van der Waals surface area contributed by atoms with Crippen LogP contribution >= 0.6 is 0 Å². The van der Waals surface area contributed by atoms with Crippen molar-refractivity contribution in [3.8, 4) is 0 Å². The molecule has 0 spiro atoms. The Labute approximate surface area is 121 Å². The van der Waals surface area contributed by atoms with Crippen LogP contribution in [0, 0.1) is 0 Å². The second-order valence-electron chi connectivity index (χ2n) is 6.75. The summed E-state index contributed by atoms with van der Waals surface area (Å²) in [6.07, 6.45) is 8.04. The van der Waals surface area contributed by atoms with Crippen molar-refractivity contribution in [2.75, 3.05) is 18.0 Å². The topological polar surface area (TPSA) is 38.2 Å². The summed E-state index contributed by atoms with van der Waals surface area (Å²) in [6, 6.07) is 0. The highest BCUT2D eigenvalue weighted by Gasteiger charge is 2.33. The molecule has 4 nitrogen and oxygen atoms in total. The van der Waals surface area contributed by atoms with E-state index in [1.807, 2.05) is 0 Å². The van der Waals surface area contributed by atoms with Gasteiger partial charge in [0, 0.05) is 24.3 Å². The maximum atomic E-state index is 6.01. The average molecular weight is 275 g/mol. The molecule has 0 N–H and O–H groups in total. The van der Waals surface area contributed by atoms with Gasteiger partial charge in [0.2, 0.25) is 0 Å². The fourth-order valence-corrected chi connectivity index (χ4v) is 3.57. The molecule has 1 aromatic rings. The first-order chi connectivity index (χ1) is 9.55. The molecule has 4 heteroatoms. The van der Waals surface area contributed by atoms with Crippen LogP contribution in [0.3, 0.4) is 0 Å². The number of morpholine rings is 1. The standard InChI is InChI=1S/C16H25N3O/c1-12-9-19(10-16(2,3)20-12)15-13-7-5-4-6-8-14(13)17-11-18-15/h11-12H,4-10H2,1-3H3/t12-/m1/s1. The highest BCUT2D eigenvalue weighted by molar-refractivity contribution is 5.50. The summed E-state index contributed by atoms with van der Waals surface area (Å²) >= 11 is 0. The molecular formula is C16H25N3O. The van der Waals surface area contributed by atoms with E-state index in [1.165, 1.54) is 30.5 Å². The Bertz CT molecular complexity index is 487. The van der Waals surface area contributed by atoms with E-state index in [1.54, 1.807) is 6.33 Å². The molecule has 1 saturated heterocycles. The first kappa shape index (κ1) is 13.8. The van der Waals surface area contributed by atoms with Gasteiger partial charge in [0.1, 0.15) is 12.1 Å². The highest BCUT2D eigenvalue weighted by atomic mass is 16.5. The van der Waals surface area contributed by atoms with Gasteiger partial charge < -0.3 is 9.64 Å². The van der Waals surface area contributed by atoms with Crippen LogP contribution in [0.15, 0.2) is 6.33 Å². The van der Waals surface area contributed by atoms with Crippen LogP contribution < -0.4 is 4.90 Å². The molecule has 20 heavy (non-hydrogen) atoms. The quantitative estimate of drug-likeness (QED) is 0.739. The first-order valence-electron chi connectivity index (χ1n) is 7.81. The SMILES string of the molecule is C[C@@H]1CN(c2ncnc3c2CCCCC3)CC(C)(C)O1. The third kappa shape index (κ3) is 2.80. The number of hydrogen-bond donors (Lipinski definition) is 0. The Morgan fingerprint density at radius 2 is 2.00 bits per heavy atom. The lowest BCUT2D eigenvalue weighted by molar-refractivity contribution is -0.0752. The summed E-state index contributed by atoms with van der Waals surface area (Å²) in [4.78, 5) is 11.5. The van der Waals surface area contributed by atoms with Crippen molar-refractivity contribution in [2.45, 2.75) is 64.6 Å². The van der Waals surface area contributed by atoms with Gasteiger partial charge in [-0.25, -0.2) is 9.97 Å². The molecule has 0 amide bonds. The van der Waals surface area contributed by atoms with E-state index in [-0.39, 0.29) is 11.7 Å². The zero-order valence-corrected chi connectivity index (χ0v) is 12.9. The van der Waals surface area contributed by atoms with E-state index in [0.717, 1.165) is 31.7 Å². The summed E-state index contributed by atoms with van der Waals surface area (Å²) in [5, 5.41) is 0. The fourth-order valence-electron chi connectivity index (χ4n) is 3.57. The molecule has 2 heterocycles. The average Bonchev–Trinajstić information content (AvgIpc) is 2.60. The van der Waals surface area contributed by atoms with Gasteiger partial charge in [0.15, 0.2) is 0 Å². The Morgan fingerprint density at radius 3 is 2.80 bits per heavy atom. The van der Waals surface area contributed by atoms with Gasteiger partial charge in [-0.05, 0) is 46.5 Å². The molecule has 0 bridgehead atoms. The predicted octanol–water partition coefficient (Wildman–Crippen LogP) is 2.75. The predicted molar refractivity (Wildman–Crippen MR) is 80.1 cm³/mol. The fraction of sp³-hybridized carbons (Fsp3) is 0.750. The van der Waals surface area contributed by atoms with E-state index in [9.17, 15) is 0 Å². The molecule has 0 unspecified atom stereocenters. The van der Waals surface area contributed by atoms with E-state index < -0.39 is 0 Å². The number of aryl methyl sites for hydroxylation is 1. The molecular weight excluding hydrogens is 250 g/mol. The normalized spacial score (nSPS) is 25.9. The molecule has 1 aromatic heterocycles. The molecule has 1 atom stereocenters. The van der Waals surface area contributed by atoms with Crippen LogP contribution in [0.1, 0.15) is 51.3 Å². The summed E-state index contributed by atoms with van der Waals surface area (Å²) in [5.74, 6) is 1.15. The Morgan fingerprint density at radius 1 is 1.20 bits per heavy atom. The molecule has 1 aliphatic heterocycles. The third-order valence-corrected chi connectivity index (χ3v) is 4.22. The lowest BCUT2D eigenvalue weighted by Crippen LogP contribution is -2.52. The van der Waals surface area contributed by atoms with Crippen molar-refractivity contribution in [3.63, 3.8) is 0 Å². The Balaban J connectivity index is 1.93. The smallest absolute Gasteiger partial charge is 0.135 e. The van der Waals surface area contributed by atoms with Gasteiger partial charge >= 0.3 is 0 Å². The number of hydrogen-bond acceptors (Lipinski definition) is 4. The van der Waals surface area contributed by atoms with E-state index in [0.29, 0.717) is 0 Å². The molecule has 1 fully saturated rings. The molecule has 2 aliphatic rings. The first-order valence-corrected chi connectivity index (χ1v) is 7.81. The largest absolute Gasteiger partial charge is 0.369 e. The second-order valence-corrected chi connectivity index (χ2v) is 6.75. The summed E-state index contributed by atoms with van der Waals surface area (Å²) in [6.45, 7) is 8.30. The summed E-state index contributed by atoms with van der Waals surface area (Å²) < 4.78 is 6.01. The van der Waals surface area contributed by atoms with Crippen LogP contribution in [-0.4, -0.2) is 34.8 Å². The van der Waals surface area contributed by atoms with Gasteiger partial charge in [-0.15, -0.1) is 0 Å². The maximum absolute atomic E-state index is 6.01. The number of aromatic nitrogens is 2. The van der Waals surface area contributed by atoms with Crippen molar-refractivity contribution >= 4 is 5.82 Å². The van der Waals surface area contributed by atoms with E-state index in [2.05, 4.69) is 35.6 Å². The minimum atomic E-state index is -0.111. The maximum Gasteiger partial charge on any atom is 0.135 e. The number of nitrogens with zero attached hydrogens (tertiary/aromatic N) is 3. The van der Waals surface area contributed by atoms with Crippen molar-refractivity contribution < 1.29 is 4.74 Å².